The number of rotatable bonds is 5. The van der Waals surface area contributed by atoms with Gasteiger partial charge in [-0.3, -0.25) is 0 Å². The van der Waals surface area contributed by atoms with E-state index in [1.54, 1.807) is 7.11 Å². The van der Waals surface area contributed by atoms with E-state index in [1.807, 2.05) is 0 Å². The van der Waals surface area contributed by atoms with Crippen LogP contribution in [-0.2, 0) is 6.54 Å². The van der Waals surface area contributed by atoms with Gasteiger partial charge in [0, 0.05) is 30.2 Å². The fourth-order valence-corrected chi connectivity index (χ4v) is 4.71. The predicted octanol–water partition coefficient (Wildman–Crippen LogP) is 3.98. The van der Waals surface area contributed by atoms with Crippen LogP contribution >= 0.6 is 0 Å². The molecule has 0 amide bonds. The van der Waals surface area contributed by atoms with Crippen molar-refractivity contribution in [3.05, 3.63) is 65.2 Å². The summed E-state index contributed by atoms with van der Waals surface area (Å²) in [5.41, 5.74) is 3.92. The molecular weight excluding hydrogens is 308 g/mol. The molecule has 4 unspecified atom stereocenters. The second-order valence-electron chi connectivity index (χ2n) is 7.48. The minimum absolute atomic E-state index is 0.396. The van der Waals surface area contributed by atoms with Crippen LogP contribution in [0.4, 0.5) is 0 Å². The fraction of sp³-hybridized carbons (Fsp3) is 0.455. The Balaban J connectivity index is 1.55. The van der Waals surface area contributed by atoms with Gasteiger partial charge in [0.15, 0.2) is 0 Å². The zero-order valence-corrected chi connectivity index (χ0v) is 15.2. The summed E-state index contributed by atoms with van der Waals surface area (Å²) < 4.78 is 5.56. The summed E-state index contributed by atoms with van der Waals surface area (Å²) >= 11 is 0. The van der Waals surface area contributed by atoms with Crippen molar-refractivity contribution in [3.63, 3.8) is 0 Å². The molecule has 0 aromatic heterocycles. The molecule has 2 aromatic rings. The maximum Gasteiger partial charge on any atom is 0.123 e. The van der Waals surface area contributed by atoms with Gasteiger partial charge < -0.3 is 15.4 Å². The lowest BCUT2D eigenvalue weighted by Crippen LogP contribution is -2.37. The van der Waals surface area contributed by atoms with Gasteiger partial charge in [0.25, 0.3) is 0 Å². The van der Waals surface area contributed by atoms with E-state index < -0.39 is 0 Å². The van der Waals surface area contributed by atoms with Crippen molar-refractivity contribution < 1.29 is 4.74 Å². The Morgan fingerprint density at radius 1 is 1.12 bits per heavy atom. The molecule has 1 saturated carbocycles. The molecule has 25 heavy (non-hydrogen) atoms. The number of benzene rings is 2. The zero-order chi connectivity index (χ0) is 17.2. The lowest BCUT2D eigenvalue weighted by Gasteiger charge is -2.26. The third-order valence-electron chi connectivity index (χ3n) is 5.91. The Morgan fingerprint density at radius 2 is 1.96 bits per heavy atom. The smallest absolute Gasteiger partial charge is 0.123 e. The van der Waals surface area contributed by atoms with Crippen LogP contribution in [0, 0.1) is 12.8 Å². The molecule has 4 atom stereocenters. The van der Waals surface area contributed by atoms with E-state index in [9.17, 15) is 0 Å². The molecule has 3 nitrogen and oxygen atoms in total. The first kappa shape index (κ1) is 16.6. The summed E-state index contributed by atoms with van der Waals surface area (Å²) in [6, 6.07) is 18.8. The Hall–Kier alpha value is -1.84. The van der Waals surface area contributed by atoms with E-state index in [0.717, 1.165) is 18.2 Å². The lowest BCUT2D eigenvalue weighted by molar-refractivity contribution is 0.365. The number of fused-ring (bicyclic) bond motifs is 1. The van der Waals surface area contributed by atoms with Crippen LogP contribution in [0.25, 0.3) is 0 Å². The Kier molecular flexibility index (Phi) is 4.78. The molecule has 3 heteroatoms. The first-order valence-electron chi connectivity index (χ1n) is 9.44. The third kappa shape index (κ3) is 3.31. The molecule has 1 heterocycles. The molecule has 0 spiro atoms. The molecule has 2 fully saturated rings. The highest BCUT2D eigenvalue weighted by Gasteiger charge is 2.45. The quantitative estimate of drug-likeness (QED) is 0.866. The average molecular weight is 336 g/mol. The summed E-state index contributed by atoms with van der Waals surface area (Å²) in [4.78, 5) is 0. The number of aryl methyl sites for hydroxylation is 1. The Morgan fingerprint density at radius 3 is 2.76 bits per heavy atom. The molecule has 0 bridgehead atoms. The van der Waals surface area contributed by atoms with Crippen LogP contribution in [0.15, 0.2) is 48.5 Å². The van der Waals surface area contributed by atoms with Gasteiger partial charge in [0.05, 0.1) is 7.11 Å². The molecule has 1 aliphatic heterocycles. The first-order valence-corrected chi connectivity index (χ1v) is 9.44. The minimum atomic E-state index is 0.396. The molecule has 1 saturated heterocycles. The van der Waals surface area contributed by atoms with Crippen LogP contribution in [0.2, 0.25) is 0 Å². The summed E-state index contributed by atoms with van der Waals surface area (Å²) in [5.74, 6) is 1.70. The topological polar surface area (TPSA) is 33.3 Å². The highest BCUT2D eigenvalue weighted by Crippen LogP contribution is 2.41. The number of nitrogens with one attached hydrogen (secondary N) is 2. The van der Waals surface area contributed by atoms with Crippen molar-refractivity contribution in [3.8, 4) is 5.75 Å². The maximum atomic E-state index is 5.56. The molecule has 2 N–H and O–H groups in total. The number of methoxy groups -OCH3 is 1. The van der Waals surface area contributed by atoms with E-state index in [1.165, 1.54) is 36.0 Å². The van der Waals surface area contributed by atoms with Crippen LogP contribution in [0.1, 0.15) is 42.0 Å². The monoisotopic (exact) mass is 336 g/mol. The van der Waals surface area contributed by atoms with Gasteiger partial charge >= 0.3 is 0 Å². The van der Waals surface area contributed by atoms with Gasteiger partial charge in [0.1, 0.15) is 5.75 Å². The summed E-state index contributed by atoms with van der Waals surface area (Å²) in [6.07, 6.45) is 3.97. The highest BCUT2D eigenvalue weighted by atomic mass is 16.5. The molecule has 2 aliphatic rings. The standard InChI is InChI=1S/C22H28N2O/c1-15-11-12-20(25-2)17(13-15)14-23-22-18-9-6-10-19(18)24-21(22)16-7-4-3-5-8-16/h3-5,7-8,11-13,18-19,21-24H,6,9-10,14H2,1-2H3. The van der Waals surface area contributed by atoms with Crippen molar-refractivity contribution in [2.24, 2.45) is 5.92 Å². The zero-order valence-electron chi connectivity index (χ0n) is 15.2. The van der Waals surface area contributed by atoms with E-state index in [0.29, 0.717) is 18.1 Å². The van der Waals surface area contributed by atoms with Gasteiger partial charge in [-0.15, -0.1) is 0 Å². The second-order valence-corrected chi connectivity index (χ2v) is 7.48. The van der Waals surface area contributed by atoms with Crippen LogP contribution in [-0.4, -0.2) is 19.2 Å². The number of ether oxygens (including phenoxy) is 1. The largest absolute Gasteiger partial charge is 0.496 e. The molecule has 0 radical (unpaired) electrons. The molecule has 1 aliphatic carbocycles. The van der Waals surface area contributed by atoms with Gasteiger partial charge in [-0.25, -0.2) is 0 Å². The molecular formula is C22H28N2O. The SMILES string of the molecule is COc1ccc(C)cc1CNC1C(c2ccccc2)NC2CCCC21. The van der Waals surface area contributed by atoms with Gasteiger partial charge in [0.2, 0.25) is 0 Å². The van der Waals surface area contributed by atoms with E-state index in [-0.39, 0.29) is 0 Å². The minimum Gasteiger partial charge on any atom is -0.496 e. The third-order valence-corrected chi connectivity index (χ3v) is 5.91. The number of hydrogen-bond acceptors (Lipinski definition) is 3. The van der Waals surface area contributed by atoms with Gasteiger partial charge in [-0.2, -0.15) is 0 Å². The molecule has 2 aromatic carbocycles. The Labute approximate surface area is 150 Å². The lowest BCUT2D eigenvalue weighted by atomic mass is 9.91. The van der Waals surface area contributed by atoms with Crippen LogP contribution < -0.4 is 15.4 Å². The number of hydrogen-bond donors (Lipinski definition) is 2. The molecule has 4 rings (SSSR count). The average Bonchev–Trinajstić information content (AvgIpc) is 3.22. The van der Waals surface area contributed by atoms with E-state index in [2.05, 4.69) is 66.1 Å². The molecule has 132 valence electrons. The fourth-order valence-electron chi connectivity index (χ4n) is 4.71. The van der Waals surface area contributed by atoms with Crippen molar-refractivity contribution in [1.82, 2.24) is 10.6 Å². The maximum absolute atomic E-state index is 5.56. The van der Waals surface area contributed by atoms with Crippen molar-refractivity contribution >= 4 is 0 Å². The van der Waals surface area contributed by atoms with Gasteiger partial charge in [-0.05, 0) is 37.3 Å². The second kappa shape index (κ2) is 7.19. The van der Waals surface area contributed by atoms with Crippen LogP contribution in [0.3, 0.4) is 0 Å². The first-order chi connectivity index (χ1) is 12.3. The van der Waals surface area contributed by atoms with Crippen LogP contribution in [0.5, 0.6) is 5.75 Å². The summed E-state index contributed by atoms with van der Waals surface area (Å²) in [7, 11) is 1.76. The summed E-state index contributed by atoms with van der Waals surface area (Å²) in [5, 5.41) is 7.78. The van der Waals surface area contributed by atoms with Crippen molar-refractivity contribution in [2.75, 3.05) is 7.11 Å². The normalized spacial score (nSPS) is 28.1. The Bertz CT molecular complexity index is 715. The van der Waals surface area contributed by atoms with Crippen molar-refractivity contribution in [1.29, 1.82) is 0 Å². The highest BCUT2D eigenvalue weighted by molar-refractivity contribution is 5.37. The van der Waals surface area contributed by atoms with E-state index in [4.69, 9.17) is 4.74 Å². The van der Waals surface area contributed by atoms with Gasteiger partial charge in [-0.1, -0.05) is 54.4 Å². The van der Waals surface area contributed by atoms with E-state index >= 15 is 0 Å². The summed E-state index contributed by atoms with van der Waals surface area (Å²) in [6.45, 7) is 2.99. The predicted molar refractivity (Wildman–Crippen MR) is 102 cm³/mol. The van der Waals surface area contributed by atoms with Crippen molar-refractivity contribution in [2.45, 2.75) is 50.9 Å².